The lowest BCUT2D eigenvalue weighted by atomic mass is 10.2. The number of hydrogen-bond acceptors (Lipinski definition) is 3. The maximum absolute atomic E-state index is 11.3. The molecule has 0 saturated carbocycles. The summed E-state index contributed by atoms with van der Waals surface area (Å²) < 4.78 is 4.46. The highest BCUT2D eigenvalue weighted by molar-refractivity contribution is 6.34. The van der Waals surface area contributed by atoms with E-state index in [2.05, 4.69) is 14.8 Å². The van der Waals surface area contributed by atoms with Gasteiger partial charge in [0.15, 0.2) is 0 Å². The van der Waals surface area contributed by atoms with Crippen molar-refractivity contribution in [2.24, 2.45) is 5.11 Å². The van der Waals surface area contributed by atoms with Gasteiger partial charge in [-0.15, -0.1) is 0 Å². The Morgan fingerprint density at radius 1 is 1.53 bits per heavy atom. The first-order valence-corrected chi connectivity index (χ1v) is 5.14. The van der Waals surface area contributed by atoms with E-state index in [9.17, 15) is 4.79 Å². The summed E-state index contributed by atoms with van der Waals surface area (Å²) in [6, 6.07) is 4.72. The van der Waals surface area contributed by atoms with E-state index in [1.807, 2.05) is 0 Å². The Morgan fingerprint density at radius 2 is 2.24 bits per heavy atom. The van der Waals surface area contributed by atoms with Crippen molar-refractivity contribution < 1.29 is 9.53 Å². The standard InChI is InChI=1S/C10H7Cl2N3O2/c1-17-10(16)9(14-15-13)5-6-4-7(11)2-3-8(6)12/h2-5H,1H3/b9-5+. The Kier molecular flexibility index (Phi) is 4.84. The Hall–Kier alpha value is -1.68. The zero-order valence-corrected chi connectivity index (χ0v) is 10.2. The first-order chi connectivity index (χ1) is 8.08. The molecule has 0 amide bonds. The van der Waals surface area contributed by atoms with Crippen LogP contribution in [0.3, 0.4) is 0 Å². The average Bonchev–Trinajstić information content (AvgIpc) is 2.32. The van der Waals surface area contributed by atoms with Crippen molar-refractivity contribution in [1.82, 2.24) is 0 Å². The number of azide groups is 1. The van der Waals surface area contributed by atoms with Crippen LogP contribution in [0.5, 0.6) is 0 Å². The molecule has 1 aromatic carbocycles. The number of carbonyl (C=O) groups is 1. The maximum Gasteiger partial charge on any atom is 0.340 e. The molecule has 0 aliphatic carbocycles. The molecule has 7 heteroatoms. The second-order valence-corrected chi connectivity index (χ2v) is 3.72. The third-order valence-electron chi connectivity index (χ3n) is 1.80. The molecule has 0 aliphatic heterocycles. The summed E-state index contributed by atoms with van der Waals surface area (Å²) in [4.78, 5) is 13.8. The predicted octanol–water partition coefficient (Wildman–Crippen LogP) is 3.82. The lowest BCUT2D eigenvalue weighted by Crippen LogP contribution is -2.01. The van der Waals surface area contributed by atoms with Crippen LogP contribution >= 0.6 is 23.2 Å². The van der Waals surface area contributed by atoms with Gasteiger partial charge in [0, 0.05) is 15.0 Å². The van der Waals surface area contributed by atoms with Crippen molar-refractivity contribution in [3.8, 4) is 0 Å². The Labute approximate surface area is 107 Å². The number of carbonyl (C=O) groups excluding carboxylic acids is 1. The van der Waals surface area contributed by atoms with E-state index in [1.165, 1.54) is 13.2 Å². The summed E-state index contributed by atoms with van der Waals surface area (Å²) in [6.45, 7) is 0. The molecule has 0 radical (unpaired) electrons. The number of benzene rings is 1. The second kappa shape index (κ2) is 6.15. The van der Waals surface area contributed by atoms with Crippen molar-refractivity contribution >= 4 is 35.2 Å². The van der Waals surface area contributed by atoms with Crippen molar-refractivity contribution in [2.75, 3.05) is 7.11 Å². The van der Waals surface area contributed by atoms with Gasteiger partial charge in [0.25, 0.3) is 0 Å². The fraction of sp³-hybridized carbons (Fsp3) is 0.100. The maximum atomic E-state index is 11.3. The molecule has 1 aromatic rings. The smallest absolute Gasteiger partial charge is 0.340 e. The minimum absolute atomic E-state index is 0.195. The number of halogens is 2. The molecule has 5 nitrogen and oxygen atoms in total. The molecule has 0 fully saturated rings. The number of ether oxygens (including phenoxy) is 1. The van der Waals surface area contributed by atoms with Crippen LogP contribution in [0.4, 0.5) is 0 Å². The highest BCUT2D eigenvalue weighted by Gasteiger charge is 2.09. The molecule has 0 aliphatic rings. The van der Waals surface area contributed by atoms with Gasteiger partial charge in [0.2, 0.25) is 0 Å². The van der Waals surface area contributed by atoms with Gasteiger partial charge in [-0.25, -0.2) is 4.79 Å². The van der Waals surface area contributed by atoms with Crippen LogP contribution < -0.4 is 0 Å². The summed E-state index contributed by atoms with van der Waals surface area (Å²) in [5.74, 6) is -0.751. The molecule has 0 heterocycles. The Morgan fingerprint density at radius 3 is 2.82 bits per heavy atom. The summed E-state index contributed by atoms with van der Waals surface area (Å²) in [6.07, 6.45) is 1.31. The third kappa shape index (κ3) is 3.67. The first-order valence-electron chi connectivity index (χ1n) is 4.38. The van der Waals surface area contributed by atoms with Crippen LogP contribution in [0, 0.1) is 0 Å². The van der Waals surface area contributed by atoms with Gasteiger partial charge in [-0.05, 0) is 35.4 Å². The van der Waals surface area contributed by atoms with E-state index in [0.717, 1.165) is 0 Å². The molecule has 0 atom stereocenters. The summed E-state index contributed by atoms with van der Waals surface area (Å²) >= 11 is 11.7. The highest BCUT2D eigenvalue weighted by atomic mass is 35.5. The van der Waals surface area contributed by atoms with Crippen LogP contribution in [0.2, 0.25) is 10.0 Å². The van der Waals surface area contributed by atoms with E-state index >= 15 is 0 Å². The molecule has 0 spiro atoms. The predicted molar refractivity (Wildman–Crippen MR) is 65.6 cm³/mol. The zero-order valence-electron chi connectivity index (χ0n) is 8.72. The number of hydrogen-bond donors (Lipinski definition) is 0. The lowest BCUT2D eigenvalue weighted by molar-refractivity contribution is -0.136. The minimum atomic E-state index is -0.751. The highest BCUT2D eigenvalue weighted by Crippen LogP contribution is 2.23. The zero-order chi connectivity index (χ0) is 12.8. The first kappa shape index (κ1) is 13.4. The van der Waals surface area contributed by atoms with Crippen molar-refractivity contribution in [2.45, 2.75) is 0 Å². The summed E-state index contributed by atoms with van der Waals surface area (Å²) in [7, 11) is 1.18. The molecule has 0 unspecified atom stereocenters. The van der Waals surface area contributed by atoms with E-state index in [-0.39, 0.29) is 5.70 Å². The molecule has 0 N–H and O–H groups in total. The fourth-order valence-corrected chi connectivity index (χ4v) is 1.41. The summed E-state index contributed by atoms with van der Waals surface area (Å²) in [5.41, 5.74) is 8.60. The average molecular weight is 272 g/mol. The van der Waals surface area contributed by atoms with Crippen LogP contribution in [-0.2, 0) is 9.53 Å². The van der Waals surface area contributed by atoms with Gasteiger partial charge < -0.3 is 4.74 Å². The van der Waals surface area contributed by atoms with Crippen LogP contribution in [0.1, 0.15) is 5.56 Å². The van der Waals surface area contributed by atoms with Crippen molar-refractivity contribution in [3.05, 3.63) is 49.9 Å². The van der Waals surface area contributed by atoms with Crippen LogP contribution in [0.15, 0.2) is 29.0 Å². The number of methoxy groups -OCH3 is 1. The van der Waals surface area contributed by atoms with E-state index in [1.54, 1.807) is 18.2 Å². The third-order valence-corrected chi connectivity index (χ3v) is 2.38. The van der Waals surface area contributed by atoms with Gasteiger partial charge in [-0.3, -0.25) is 0 Å². The molecule has 0 saturated heterocycles. The van der Waals surface area contributed by atoms with E-state index in [0.29, 0.717) is 15.6 Å². The molecule has 1 rings (SSSR count). The molecular weight excluding hydrogens is 265 g/mol. The number of rotatable bonds is 3. The van der Waals surface area contributed by atoms with Gasteiger partial charge in [-0.1, -0.05) is 28.3 Å². The molecule has 88 valence electrons. The van der Waals surface area contributed by atoms with E-state index in [4.69, 9.17) is 28.7 Å². The Bertz CT molecular complexity index is 522. The largest absolute Gasteiger partial charge is 0.466 e. The monoisotopic (exact) mass is 271 g/mol. The van der Waals surface area contributed by atoms with Crippen molar-refractivity contribution in [1.29, 1.82) is 0 Å². The minimum Gasteiger partial charge on any atom is -0.466 e. The lowest BCUT2D eigenvalue weighted by Gasteiger charge is -2.01. The quantitative estimate of drug-likeness (QED) is 0.276. The fourth-order valence-electron chi connectivity index (χ4n) is 1.05. The molecule has 17 heavy (non-hydrogen) atoms. The Balaban J connectivity index is 3.25. The number of esters is 1. The number of nitrogens with zero attached hydrogens (tertiary/aromatic N) is 3. The van der Waals surface area contributed by atoms with E-state index < -0.39 is 5.97 Å². The van der Waals surface area contributed by atoms with Crippen LogP contribution in [0.25, 0.3) is 16.5 Å². The molecule has 0 aromatic heterocycles. The normalized spacial score (nSPS) is 10.6. The summed E-state index contributed by atoms with van der Waals surface area (Å²) in [5, 5.41) is 4.05. The van der Waals surface area contributed by atoms with Gasteiger partial charge in [-0.2, -0.15) is 0 Å². The van der Waals surface area contributed by atoms with Gasteiger partial charge >= 0.3 is 5.97 Å². The van der Waals surface area contributed by atoms with Gasteiger partial charge in [0.1, 0.15) is 5.70 Å². The van der Waals surface area contributed by atoms with Gasteiger partial charge in [0.05, 0.1) is 7.11 Å². The topological polar surface area (TPSA) is 75.1 Å². The van der Waals surface area contributed by atoms with Crippen molar-refractivity contribution in [3.63, 3.8) is 0 Å². The molecule has 0 bridgehead atoms. The van der Waals surface area contributed by atoms with Crippen LogP contribution in [-0.4, -0.2) is 13.1 Å². The molecular formula is C10H7Cl2N3O2. The second-order valence-electron chi connectivity index (χ2n) is 2.88. The SMILES string of the molecule is COC(=O)/C(=C\c1cc(Cl)ccc1Cl)N=[N+]=[N-].